The van der Waals surface area contributed by atoms with Gasteiger partial charge in [0.2, 0.25) is 5.91 Å². The van der Waals surface area contributed by atoms with Gasteiger partial charge in [-0.05, 0) is 24.5 Å². The second kappa shape index (κ2) is 6.08. The summed E-state index contributed by atoms with van der Waals surface area (Å²) >= 11 is 0. The Labute approximate surface area is 123 Å². The fourth-order valence-electron chi connectivity index (χ4n) is 2.80. The molecule has 0 aromatic carbocycles. The largest absolute Gasteiger partial charge is 0.350 e. The van der Waals surface area contributed by atoms with Crippen LogP contribution in [-0.4, -0.2) is 41.0 Å². The number of carbonyl (C=O) groups is 1. The number of hydrogen-bond donors (Lipinski definition) is 3. The number of pyridine rings is 1. The van der Waals surface area contributed by atoms with Crippen molar-refractivity contribution in [1.29, 1.82) is 5.26 Å². The third kappa shape index (κ3) is 3.12. The molecule has 7 heteroatoms. The maximum Gasteiger partial charge on any atom is 0.238 e. The van der Waals surface area contributed by atoms with E-state index in [2.05, 4.69) is 27.3 Å². The summed E-state index contributed by atoms with van der Waals surface area (Å²) in [6.07, 6.45) is 7.16. The number of likely N-dealkylation sites (tertiary alicyclic amines) is 1. The number of amides is 1. The van der Waals surface area contributed by atoms with Crippen LogP contribution in [0.15, 0.2) is 24.5 Å². The van der Waals surface area contributed by atoms with Gasteiger partial charge in [-0.2, -0.15) is 5.26 Å². The number of aromatic nitrogens is 1. The van der Waals surface area contributed by atoms with Crippen LogP contribution in [0.25, 0.3) is 0 Å². The molecule has 2 aliphatic rings. The van der Waals surface area contributed by atoms with Gasteiger partial charge in [-0.25, -0.2) is 10.9 Å². The smallest absolute Gasteiger partial charge is 0.238 e. The molecule has 3 N–H and O–H groups in total. The van der Waals surface area contributed by atoms with Crippen molar-refractivity contribution in [3.63, 3.8) is 0 Å². The second-order valence-electron chi connectivity index (χ2n) is 5.46. The lowest BCUT2D eigenvalue weighted by atomic mass is 10.0. The topological polar surface area (TPSA) is 93.1 Å². The van der Waals surface area contributed by atoms with Gasteiger partial charge in [-0.3, -0.25) is 9.78 Å². The van der Waals surface area contributed by atoms with Crippen molar-refractivity contribution in [3.05, 3.63) is 30.1 Å². The van der Waals surface area contributed by atoms with Gasteiger partial charge in [-0.1, -0.05) is 6.07 Å². The Bertz CT molecular complexity index is 542. The quantitative estimate of drug-likeness (QED) is 0.658. The van der Waals surface area contributed by atoms with E-state index < -0.39 is 0 Å². The summed E-state index contributed by atoms with van der Waals surface area (Å²) in [4.78, 5) is 18.0. The fourth-order valence-corrected chi connectivity index (χ4v) is 2.80. The summed E-state index contributed by atoms with van der Waals surface area (Å²) in [5.41, 5.74) is 7.24. The summed E-state index contributed by atoms with van der Waals surface area (Å²) in [5.74, 6) is -0.0151. The van der Waals surface area contributed by atoms with Crippen LogP contribution in [0.2, 0.25) is 0 Å². The highest BCUT2D eigenvalue weighted by molar-refractivity contribution is 5.82. The first kappa shape index (κ1) is 13.8. The molecule has 0 saturated carbocycles. The third-order valence-corrected chi connectivity index (χ3v) is 3.98. The van der Waals surface area contributed by atoms with Crippen molar-refractivity contribution >= 4 is 5.91 Å². The second-order valence-corrected chi connectivity index (χ2v) is 5.46. The van der Waals surface area contributed by atoms with Crippen LogP contribution >= 0.6 is 0 Å². The van der Waals surface area contributed by atoms with E-state index in [-0.39, 0.29) is 24.0 Å². The molecule has 2 aliphatic heterocycles. The van der Waals surface area contributed by atoms with Crippen LogP contribution in [0.5, 0.6) is 0 Å². The average molecular weight is 286 g/mol. The molecular formula is C14H18N6O. The minimum Gasteiger partial charge on any atom is -0.350 e. The van der Waals surface area contributed by atoms with E-state index in [1.54, 1.807) is 17.3 Å². The lowest BCUT2D eigenvalue weighted by Crippen LogP contribution is -2.47. The number of nitrogens with one attached hydrogen (secondary N) is 3. The number of nitriles is 1. The molecule has 110 valence electrons. The van der Waals surface area contributed by atoms with Crippen LogP contribution < -0.4 is 16.2 Å². The molecule has 1 aromatic heterocycles. The maximum absolute atomic E-state index is 12.2. The van der Waals surface area contributed by atoms with Gasteiger partial charge in [0.25, 0.3) is 0 Å². The normalized spacial score (nSPS) is 28.3. The summed E-state index contributed by atoms with van der Waals surface area (Å²) in [5, 5.41) is 11.8. The van der Waals surface area contributed by atoms with Gasteiger partial charge in [0.15, 0.2) is 6.19 Å². The molecule has 3 rings (SSSR count). The first-order chi connectivity index (χ1) is 10.3. The number of nitrogens with zero attached hydrogens (tertiary/aromatic N) is 3. The monoisotopic (exact) mass is 286 g/mol. The number of hydrogen-bond acceptors (Lipinski definition) is 6. The van der Waals surface area contributed by atoms with Crippen molar-refractivity contribution in [2.24, 2.45) is 0 Å². The van der Waals surface area contributed by atoms with Crippen molar-refractivity contribution < 1.29 is 4.79 Å². The van der Waals surface area contributed by atoms with Gasteiger partial charge < -0.3 is 10.2 Å². The van der Waals surface area contributed by atoms with Gasteiger partial charge >= 0.3 is 0 Å². The molecule has 21 heavy (non-hydrogen) atoms. The summed E-state index contributed by atoms with van der Waals surface area (Å²) in [6, 6.07) is 3.78. The van der Waals surface area contributed by atoms with Crippen LogP contribution in [-0.2, 0) is 4.79 Å². The molecule has 2 unspecified atom stereocenters. The molecular weight excluding hydrogens is 268 g/mol. The zero-order chi connectivity index (χ0) is 14.7. The predicted octanol–water partition coefficient (Wildman–Crippen LogP) is -0.339. The molecule has 0 bridgehead atoms. The highest BCUT2D eigenvalue weighted by Gasteiger charge is 2.32. The molecule has 0 radical (unpaired) electrons. The minimum atomic E-state index is -0.258. The van der Waals surface area contributed by atoms with Crippen LogP contribution in [0.3, 0.4) is 0 Å². The molecule has 0 spiro atoms. The molecule has 2 fully saturated rings. The minimum absolute atomic E-state index is 0.0151. The van der Waals surface area contributed by atoms with E-state index in [0.717, 1.165) is 18.5 Å². The zero-order valence-corrected chi connectivity index (χ0v) is 11.6. The standard InChI is InChI=1S/C14H18N6O/c15-9-20-5-3-11(8-20)17-14(21)13-6-12(18-19-13)10-2-1-4-16-7-10/h1-2,4,7,11-13,18-19H,3,5-6,8H2,(H,17,21)/t11-,12?,13?/m1/s1. The van der Waals surface area contributed by atoms with E-state index in [4.69, 9.17) is 5.26 Å². The van der Waals surface area contributed by atoms with Gasteiger partial charge in [0.05, 0.1) is 0 Å². The molecule has 1 aromatic rings. The Hall–Kier alpha value is -2.17. The van der Waals surface area contributed by atoms with E-state index in [9.17, 15) is 4.79 Å². The zero-order valence-electron chi connectivity index (χ0n) is 11.6. The highest BCUT2D eigenvalue weighted by atomic mass is 16.2. The van der Waals surface area contributed by atoms with E-state index in [1.165, 1.54) is 0 Å². The van der Waals surface area contributed by atoms with Crippen molar-refractivity contribution in [2.75, 3.05) is 13.1 Å². The maximum atomic E-state index is 12.2. The van der Waals surface area contributed by atoms with Crippen LogP contribution in [0.1, 0.15) is 24.4 Å². The predicted molar refractivity (Wildman–Crippen MR) is 75.4 cm³/mol. The number of rotatable bonds is 3. The van der Waals surface area contributed by atoms with Crippen molar-refractivity contribution in [1.82, 2.24) is 26.1 Å². The first-order valence-electron chi connectivity index (χ1n) is 7.12. The molecule has 3 heterocycles. The summed E-state index contributed by atoms with van der Waals surface area (Å²) in [7, 11) is 0. The van der Waals surface area contributed by atoms with Gasteiger partial charge in [0.1, 0.15) is 6.04 Å². The molecule has 2 saturated heterocycles. The molecule has 7 nitrogen and oxygen atoms in total. The first-order valence-corrected chi connectivity index (χ1v) is 7.12. The Morgan fingerprint density at radius 1 is 1.52 bits per heavy atom. The van der Waals surface area contributed by atoms with Crippen LogP contribution in [0, 0.1) is 11.5 Å². The SMILES string of the molecule is N#CN1CC[C@@H](NC(=O)C2CC(c3cccnc3)NN2)C1. The van der Waals surface area contributed by atoms with E-state index >= 15 is 0 Å². The highest BCUT2D eigenvalue weighted by Crippen LogP contribution is 2.21. The fraction of sp³-hybridized carbons (Fsp3) is 0.500. The Morgan fingerprint density at radius 2 is 2.43 bits per heavy atom. The number of carbonyl (C=O) groups excluding carboxylic acids is 1. The number of hydrazine groups is 1. The Balaban J connectivity index is 1.52. The summed E-state index contributed by atoms with van der Waals surface area (Å²) < 4.78 is 0. The molecule has 1 amide bonds. The Morgan fingerprint density at radius 3 is 3.14 bits per heavy atom. The van der Waals surface area contributed by atoms with Gasteiger partial charge in [-0.15, -0.1) is 0 Å². The van der Waals surface area contributed by atoms with E-state index in [1.807, 2.05) is 12.1 Å². The van der Waals surface area contributed by atoms with E-state index in [0.29, 0.717) is 13.0 Å². The molecule has 3 atom stereocenters. The van der Waals surface area contributed by atoms with Gasteiger partial charge in [0, 0.05) is 37.6 Å². The lowest BCUT2D eigenvalue weighted by molar-refractivity contribution is -0.123. The lowest BCUT2D eigenvalue weighted by Gasteiger charge is -2.15. The van der Waals surface area contributed by atoms with Crippen molar-refractivity contribution in [3.8, 4) is 6.19 Å². The third-order valence-electron chi connectivity index (χ3n) is 3.98. The van der Waals surface area contributed by atoms with Crippen molar-refractivity contribution in [2.45, 2.75) is 31.0 Å². The Kier molecular flexibility index (Phi) is 3.99. The summed E-state index contributed by atoms with van der Waals surface area (Å²) in [6.45, 7) is 1.32. The van der Waals surface area contributed by atoms with Crippen LogP contribution in [0.4, 0.5) is 0 Å². The molecule has 0 aliphatic carbocycles. The average Bonchev–Trinajstić information content (AvgIpc) is 3.17.